The van der Waals surface area contributed by atoms with Crippen LogP contribution in [-0.4, -0.2) is 24.5 Å². The highest BCUT2D eigenvalue weighted by atomic mass is 16.6. The van der Waals surface area contributed by atoms with Crippen molar-refractivity contribution < 1.29 is 4.92 Å². The van der Waals surface area contributed by atoms with Crippen LogP contribution in [0.4, 0.5) is 5.69 Å². The molecule has 2 N–H and O–H groups in total. The summed E-state index contributed by atoms with van der Waals surface area (Å²) in [6.07, 6.45) is 0. The lowest BCUT2D eigenvalue weighted by Crippen LogP contribution is -2.25. The van der Waals surface area contributed by atoms with Gasteiger partial charge in [0, 0.05) is 29.4 Å². The first-order valence-electron chi connectivity index (χ1n) is 13.0. The molecule has 9 nitrogen and oxygen atoms in total. The van der Waals surface area contributed by atoms with Crippen LogP contribution in [0.2, 0.25) is 0 Å². The zero-order chi connectivity index (χ0) is 28.9. The summed E-state index contributed by atoms with van der Waals surface area (Å²) in [4.78, 5) is 39.3. The Morgan fingerprint density at radius 2 is 1.15 bits per heavy atom. The lowest BCUT2D eigenvalue weighted by Gasteiger charge is -2.15. The van der Waals surface area contributed by atoms with E-state index in [9.17, 15) is 19.7 Å². The van der Waals surface area contributed by atoms with Gasteiger partial charge in [-0.3, -0.25) is 29.9 Å². The van der Waals surface area contributed by atoms with Crippen molar-refractivity contribution >= 4 is 5.69 Å². The molecule has 5 rings (SSSR count). The molecule has 0 saturated carbocycles. The Bertz CT molecular complexity index is 1790. The quantitative estimate of drug-likeness (QED) is 0.217. The zero-order valence-corrected chi connectivity index (χ0v) is 23.3. The van der Waals surface area contributed by atoms with Gasteiger partial charge in [-0.25, -0.2) is 9.36 Å². The van der Waals surface area contributed by atoms with E-state index in [-0.39, 0.29) is 16.8 Å². The molecule has 0 amide bonds. The second kappa shape index (κ2) is 10.00. The third kappa shape index (κ3) is 4.49. The molecule has 0 bridgehead atoms. The molecule has 0 saturated heterocycles. The largest absolute Gasteiger partial charge is 0.295 e. The summed E-state index contributed by atoms with van der Waals surface area (Å²) in [5.41, 5.74) is 7.15. The smallest absolute Gasteiger partial charge is 0.275 e. The minimum absolute atomic E-state index is 0.118. The second-order valence-electron chi connectivity index (χ2n) is 10.4. The number of nitro groups is 1. The Morgan fingerprint density at radius 1 is 0.675 bits per heavy atom. The third-order valence-electron chi connectivity index (χ3n) is 7.72. The van der Waals surface area contributed by atoms with Crippen LogP contribution in [0.25, 0.3) is 11.4 Å². The van der Waals surface area contributed by atoms with Crippen molar-refractivity contribution in [2.45, 2.75) is 47.5 Å². The molecular formula is C31H31N5O4. The Kier molecular flexibility index (Phi) is 6.67. The number of aromatic amines is 2. The number of aryl methyl sites for hydroxylation is 6. The van der Waals surface area contributed by atoms with E-state index in [0.717, 1.165) is 22.3 Å². The van der Waals surface area contributed by atoms with Crippen molar-refractivity contribution in [2.75, 3.05) is 0 Å². The second-order valence-corrected chi connectivity index (χ2v) is 10.4. The van der Waals surface area contributed by atoms with Gasteiger partial charge in [0.25, 0.3) is 16.8 Å². The van der Waals surface area contributed by atoms with Gasteiger partial charge >= 0.3 is 0 Å². The minimum Gasteiger partial charge on any atom is -0.295 e. The van der Waals surface area contributed by atoms with Crippen molar-refractivity contribution in [2.24, 2.45) is 0 Å². The van der Waals surface area contributed by atoms with Gasteiger partial charge < -0.3 is 0 Å². The Labute approximate surface area is 230 Å². The fourth-order valence-electron chi connectivity index (χ4n) is 5.19. The van der Waals surface area contributed by atoms with Gasteiger partial charge in [-0.05, 0) is 93.6 Å². The van der Waals surface area contributed by atoms with Gasteiger partial charge in [0.1, 0.15) is 0 Å². The van der Waals surface area contributed by atoms with Crippen LogP contribution in [0, 0.1) is 51.7 Å². The summed E-state index contributed by atoms with van der Waals surface area (Å²) in [5.74, 6) is -0.854. The van der Waals surface area contributed by atoms with E-state index in [4.69, 9.17) is 0 Å². The topological polar surface area (TPSA) is 119 Å². The van der Waals surface area contributed by atoms with Gasteiger partial charge in [0.05, 0.1) is 27.4 Å². The Balaban J connectivity index is 1.78. The van der Waals surface area contributed by atoms with Gasteiger partial charge in [0.2, 0.25) is 0 Å². The molecule has 0 aliphatic carbocycles. The lowest BCUT2D eigenvalue weighted by atomic mass is 9.85. The van der Waals surface area contributed by atoms with Crippen LogP contribution in [0.1, 0.15) is 56.2 Å². The van der Waals surface area contributed by atoms with Gasteiger partial charge in [-0.15, -0.1) is 0 Å². The molecule has 3 aromatic carbocycles. The number of aromatic nitrogens is 4. The highest BCUT2D eigenvalue weighted by molar-refractivity contribution is 5.51. The van der Waals surface area contributed by atoms with Crippen LogP contribution >= 0.6 is 0 Å². The predicted molar refractivity (Wildman–Crippen MR) is 155 cm³/mol. The summed E-state index contributed by atoms with van der Waals surface area (Å²) in [5, 5.41) is 18.0. The third-order valence-corrected chi connectivity index (χ3v) is 7.72. The maximum Gasteiger partial charge on any atom is 0.275 e. The van der Waals surface area contributed by atoms with Gasteiger partial charge in [-0.2, -0.15) is 0 Å². The van der Waals surface area contributed by atoms with E-state index in [0.29, 0.717) is 39.5 Å². The number of hydrogen-bond acceptors (Lipinski definition) is 4. The lowest BCUT2D eigenvalue weighted by molar-refractivity contribution is -0.384. The molecule has 204 valence electrons. The highest BCUT2D eigenvalue weighted by Crippen LogP contribution is 2.34. The fourth-order valence-corrected chi connectivity index (χ4v) is 5.19. The van der Waals surface area contributed by atoms with E-state index in [1.807, 2.05) is 64.1 Å². The molecule has 0 aliphatic rings. The first kappa shape index (κ1) is 26.7. The van der Waals surface area contributed by atoms with Crippen molar-refractivity contribution in [3.63, 3.8) is 0 Å². The summed E-state index contributed by atoms with van der Waals surface area (Å²) >= 11 is 0. The summed E-state index contributed by atoms with van der Waals surface area (Å²) < 4.78 is 2.93. The number of nitrogens with one attached hydrogen (secondary N) is 2. The summed E-state index contributed by atoms with van der Waals surface area (Å²) in [7, 11) is 0. The number of nitrogens with zero attached hydrogens (tertiary/aromatic N) is 3. The number of nitro benzene ring substituents is 1. The molecule has 0 aliphatic heterocycles. The molecule has 0 spiro atoms. The van der Waals surface area contributed by atoms with E-state index in [1.54, 1.807) is 26.0 Å². The fraction of sp³-hybridized carbons (Fsp3) is 0.226. The minimum atomic E-state index is -0.854. The van der Waals surface area contributed by atoms with Crippen LogP contribution in [0.5, 0.6) is 0 Å². The van der Waals surface area contributed by atoms with E-state index >= 15 is 0 Å². The molecule has 2 aromatic heterocycles. The predicted octanol–water partition coefficient (Wildman–Crippen LogP) is 5.58. The van der Waals surface area contributed by atoms with Gasteiger partial charge in [-0.1, -0.05) is 24.3 Å². The normalized spacial score (nSPS) is 11.4. The standard InChI is InChI=1S/C31H31N5O4/c1-17-10-12-24(14-19(17)3)34-30(37)27(21(5)32-34)29(23-8-7-9-26(16-23)36(39)40)28-22(6)33-35(31(28)38)25-13-11-18(2)20(4)15-25/h7-16,29,32-33H,1-6H3. The Morgan fingerprint density at radius 3 is 1.57 bits per heavy atom. The monoisotopic (exact) mass is 537 g/mol. The molecule has 5 aromatic rings. The van der Waals surface area contributed by atoms with Crippen LogP contribution in [0.15, 0.2) is 70.3 Å². The maximum atomic E-state index is 14.1. The highest BCUT2D eigenvalue weighted by Gasteiger charge is 2.31. The van der Waals surface area contributed by atoms with Crippen molar-refractivity contribution in [1.29, 1.82) is 0 Å². The number of non-ortho nitro benzene ring substituents is 1. The van der Waals surface area contributed by atoms with Crippen molar-refractivity contribution in [3.05, 3.63) is 142 Å². The van der Waals surface area contributed by atoms with Crippen LogP contribution in [-0.2, 0) is 0 Å². The van der Waals surface area contributed by atoms with Crippen LogP contribution < -0.4 is 11.1 Å². The SMILES string of the molecule is Cc1ccc(-n2[nH]c(C)c(C(c3cccc([N+](=O)[O-])c3)c3c(C)[nH]n(-c4ccc(C)c(C)c4)c3=O)c2=O)cc1C. The number of hydrogen-bond donors (Lipinski definition) is 2. The molecule has 0 fully saturated rings. The zero-order valence-electron chi connectivity index (χ0n) is 23.3. The van der Waals surface area contributed by atoms with E-state index < -0.39 is 10.8 Å². The first-order valence-corrected chi connectivity index (χ1v) is 13.0. The van der Waals surface area contributed by atoms with E-state index in [2.05, 4.69) is 10.2 Å². The average molecular weight is 538 g/mol. The van der Waals surface area contributed by atoms with Crippen molar-refractivity contribution in [1.82, 2.24) is 19.6 Å². The maximum absolute atomic E-state index is 14.1. The number of benzene rings is 3. The van der Waals surface area contributed by atoms with E-state index in [1.165, 1.54) is 21.5 Å². The molecule has 9 heteroatoms. The summed E-state index contributed by atoms with van der Waals surface area (Å²) in [6, 6.07) is 17.6. The average Bonchev–Trinajstić information content (AvgIpc) is 3.38. The molecule has 40 heavy (non-hydrogen) atoms. The molecule has 0 radical (unpaired) electrons. The van der Waals surface area contributed by atoms with Crippen LogP contribution in [0.3, 0.4) is 0 Å². The summed E-state index contributed by atoms with van der Waals surface area (Å²) in [6.45, 7) is 11.5. The molecule has 0 atom stereocenters. The van der Waals surface area contributed by atoms with Gasteiger partial charge in [0.15, 0.2) is 0 Å². The number of H-pyrrole nitrogens is 2. The Hall–Kier alpha value is -4.92. The molecular weight excluding hydrogens is 506 g/mol. The van der Waals surface area contributed by atoms with Crippen molar-refractivity contribution in [3.8, 4) is 11.4 Å². The molecule has 0 unspecified atom stereocenters. The number of rotatable bonds is 6. The molecule has 2 heterocycles. The first-order chi connectivity index (χ1) is 19.0.